The second kappa shape index (κ2) is 3.71. The SMILES string of the molecule is Cn1c(C(=O)Cl)cc2c(Cl)c(Cl)ccc21. The van der Waals surface area contributed by atoms with Gasteiger partial charge in [0.1, 0.15) is 5.69 Å². The molecule has 0 amide bonds. The molecule has 2 aromatic rings. The fraction of sp³-hybridized carbons (Fsp3) is 0.100. The fourth-order valence-corrected chi connectivity index (χ4v) is 2.10. The Labute approximate surface area is 101 Å². The van der Waals surface area contributed by atoms with Crippen molar-refractivity contribution in [2.45, 2.75) is 0 Å². The number of aryl methyl sites for hydroxylation is 1. The van der Waals surface area contributed by atoms with E-state index in [9.17, 15) is 4.79 Å². The minimum Gasteiger partial charge on any atom is -0.340 e. The lowest BCUT2D eigenvalue weighted by Crippen LogP contribution is -1.98. The summed E-state index contributed by atoms with van der Waals surface area (Å²) in [6, 6.07) is 5.13. The Kier molecular flexibility index (Phi) is 2.67. The normalized spacial score (nSPS) is 10.9. The highest BCUT2D eigenvalue weighted by Gasteiger charge is 2.14. The zero-order chi connectivity index (χ0) is 11.2. The Bertz CT molecular complexity index is 559. The second-order valence-corrected chi connectivity index (χ2v) is 4.28. The number of benzene rings is 1. The summed E-state index contributed by atoms with van der Waals surface area (Å²) in [6.45, 7) is 0. The summed E-state index contributed by atoms with van der Waals surface area (Å²) in [6.07, 6.45) is 0. The molecule has 0 aliphatic rings. The maximum absolute atomic E-state index is 11.1. The van der Waals surface area contributed by atoms with Gasteiger partial charge in [0.05, 0.1) is 10.0 Å². The first-order valence-electron chi connectivity index (χ1n) is 4.15. The number of nitrogens with zero attached hydrogens (tertiary/aromatic N) is 1. The van der Waals surface area contributed by atoms with E-state index in [1.54, 1.807) is 29.8 Å². The van der Waals surface area contributed by atoms with Crippen molar-refractivity contribution in [1.29, 1.82) is 0 Å². The highest BCUT2D eigenvalue weighted by molar-refractivity contribution is 6.67. The van der Waals surface area contributed by atoms with Crippen molar-refractivity contribution >= 4 is 50.9 Å². The van der Waals surface area contributed by atoms with Crippen molar-refractivity contribution in [3.05, 3.63) is 33.9 Å². The standard InChI is InChI=1S/C10H6Cl3NO/c1-14-7-3-2-6(11)9(12)5(7)4-8(14)10(13)15/h2-4H,1H3. The van der Waals surface area contributed by atoms with Crippen molar-refractivity contribution in [2.75, 3.05) is 0 Å². The molecule has 0 N–H and O–H groups in total. The van der Waals surface area contributed by atoms with Crippen LogP contribution in [-0.4, -0.2) is 9.81 Å². The molecule has 2 nitrogen and oxygen atoms in total. The van der Waals surface area contributed by atoms with Crippen LogP contribution in [0.25, 0.3) is 10.9 Å². The smallest absolute Gasteiger partial charge is 0.268 e. The Morgan fingerprint density at radius 3 is 2.60 bits per heavy atom. The van der Waals surface area contributed by atoms with E-state index in [1.807, 2.05) is 0 Å². The van der Waals surface area contributed by atoms with Crippen LogP contribution in [0, 0.1) is 0 Å². The third kappa shape index (κ3) is 1.63. The zero-order valence-corrected chi connectivity index (χ0v) is 9.99. The van der Waals surface area contributed by atoms with Crippen molar-refractivity contribution in [1.82, 2.24) is 4.57 Å². The van der Waals surface area contributed by atoms with Gasteiger partial charge in [0.25, 0.3) is 5.24 Å². The minimum absolute atomic E-state index is 0.399. The first-order chi connectivity index (χ1) is 7.02. The number of aromatic nitrogens is 1. The van der Waals surface area contributed by atoms with Gasteiger partial charge in [0.15, 0.2) is 0 Å². The molecule has 78 valence electrons. The van der Waals surface area contributed by atoms with Crippen molar-refractivity contribution < 1.29 is 4.79 Å². The first kappa shape index (κ1) is 10.8. The number of carbonyl (C=O) groups excluding carboxylic acids is 1. The lowest BCUT2D eigenvalue weighted by molar-refractivity contribution is 0.107. The van der Waals surface area contributed by atoms with Crippen LogP contribution in [0.2, 0.25) is 10.0 Å². The summed E-state index contributed by atoms with van der Waals surface area (Å²) in [5.41, 5.74) is 1.23. The van der Waals surface area contributed by atoms with E-state index in [0.29, 0.717) is 15.7 Å². The van der Waals surface area contributed by atoms with Gasteiger partial charge < -0.3 is 4.57 Å². The van der Waals surface area contributed by atoms with Gasteiger partial charge in [-0.1, -0.05) is 23.2 Å². The van der Waals surface area contributed by atoms with Crippen LogP contribution < -0.4 is 0 Å². The summed E-state index contributed by atoms with van der Waals surface area (Å²) in [5.74, 6) is 0. The molecule has 2 rings (SSSR count). The topological polar surface area (TPSA) is 22.0 Å². The fourth-order valence-electron chi connectivity index (χ4n) is 1.54. The van der Waals surface area contributed by atoms with Crippen molar-refractivity contribution in [3.63, 3.8) is 0 Å². The molecule has 0 radical (unpaired) electrons. The number of rotatable bonds is 1. The van der Waals surface area contributed by atoms with E-state index in [-0.39, 0.29) is 0 Å². The van der Waals surface area contributed by atoms with E-state index in [1.165, 1.54) is 0 Å². The Hall–Kier alpha value is -0.700. The number of hydrogen-bond acceptors (Lipinski definition) is 1. The summed E-state index contributed by atoms with van der Waals surface area (Å²) >= 11 is 17.3. The average molecular weight is 263 g/mol. The van der Waals surface area contributed by atoms with Crippen LogP contribution in [0.4, 0.5) is 0 Å². The molecular formula is C10H6Cl3NO. The van der Waals surface area contributed by atoms with Crippen LogP contribution in [0.5, 0.6) is 0 Å². The molecule has 1 aromatic carbocycles. The van der Waals surface area contributed by atoms with Crippen molar-refractivity contribution in [3.8, 4) is 0 Å². The van der Waals surface area contributed by atoms with Crippen LogP contribution in [-0.2, 0) is 7.05 Å². The molecule has 0 saturated carbocycles. The first-order valence-corrected chi connectivity index (χ1v) is 5.29. The van der Waals surface area contributed by atoms with E-state index < -0.39 is 5.24 Å². The van der Waals surface area contributed by atoms with E-state index in [0.717, 1.165) is 10.9 Å². The Morgan fingerprint density at radius 1 is 1.33 bits per heavy atom. The molecule has 0 aliphatic heterocycles. The van der Waals surface area contributed by atoms with Gasteiger partial charge in [0.2, 0.25) is 0 Å². The van der Waals surface area contributed by atoms with Crippen molar-refractivity contribution in [2.24, 2.45) is 7.05 Å². The molecule has 15 heavy (non-hydrogen) atoms. The highest BCUT2D eigenvalue weighted by Crippen LogP contribution is 2.32. The molecule has 1 aromatic heterocycles. The third-order valence-electron chi connectivity index (χ3n) is 2.31. The maximum Gasteiger partial charge on any atom is 0.268 e. The Balaban J connectivity index is 2.88. The number of halogens is 3. The molecule has 0 aliphatic carbocycles. The van der Waals surface area contributed by atoms with Gasteiger partial charge in [-0.05, 0) is 29.8 Å². The van der Waals surface area contributed by atoms with Crippen LogP contribution in [0.3, 0.4) is 0 Å². The summed E-state index contributed by atoms with van der Waals surface area (Å²) in [4.78, 5) is 11.1. The molecular weight excluding hydrogens is 256 g/mol. The monoisotopic (exact) mass is 261 g/mol. The quantitative estimate of drug-likeness (QED) is 0.715. The predicted octanol–water partition coefficient (Wildman–Crippen LogP) is 3.86. The van der Waals surface area contributed by atoms with Gasteiger partial charge >= 0.3 is 0 Å². The minimum atomic E-state index is -0.513. The molecule has 0 bridgehead atoms. The lowest BCUT2D eigenvalue weighted by atomic mass is 10.2. The lowest BCUT2D eigenvalue weighted by Gasteiger charge is -2.00. The van der Waals surface area contributed by atoms with Gasteiger partial charge in [-0.15, -0.1) is 0 Å². The number of carbonyl (C=O) groups is 1. The van der Waals surface area contributed by atoms with Crippen LogP contribution in [0.15, 0.2) is 18.2 Å². The van der Waals surface area contributed by atoms with Gasteiger partial charge in [-0.2, -0.15) is 0 Å². The van der Waals surface area contributed by atoms with Gasteiger partial charge in [0, 0.05) is 18.0 Å². The molecule has 0 atom stereocenters. The number of fused-ring (bicyclic) bond motifs is 1. The molecule has 0 spiro atoms. The van der Waals surface area contributed by atoms with Gasteiger partial charge in [-0.3, -0.25) is 4.79 Å². The maximum atomic E-state index is 11.1. The molecule has 0 unspecified atom stereocenters. The van der Waals surface area contributed by atoms with Gasteiger partial charge in [-0.25, -0.2) is 0 Å². The summed E-state index contributed by atoms with van der Waals surface area (Å²) in [5, 5.41) is 1.12. The zero-order valence-electron chi connectivity index (χ0n) is 7.72. The summed E-state index contributed by atoms with van der Waals surface area (Å²) in [7, 11) is 1.75. The highest BCUT2D eigenvalue weighted by atomic mass is 35.5. The third-order valence-corrected chi connectivity index (χ3v) is 3.33. The molecule has 0 fully saturated rings. The molecule has 5 heteroatoms. The second-order valence-electron chi connectivity index (χ2n) is 3.16. The summed E-state index contributed by atoms with van der Waals surface area (Å²) < 4.78 is 1.69. The van der Waals surface area contributed by atoms with E-state index in [4.69, 9.17) is 34.8 Å². The molecule has 1 heterocycles. The van der Waals surface area contributed by atoms with Crippen LogP contribution >= 0.6 is 34.8 Å². The largest absolute Gasteiger partial charge is 0.340 e. The molecule has 0 saturated heterocycles. The van der Waals surface area contributed by atoms with E-state index >= 15 is 0 Å². The number of hydrogen-bond donors (Lipinski definition) is 0. The van der Waals surface area contributed by atoms with E-state index in [2.05, 4.69) is 0 Å². The predicted molar refractivity (Wildman–Crippen MR) is 63.1 cm³/mol. The van der Waals surface area contributed by atoms with Crippen LogP contribution in [0.1, 0.15) is 10.5 Å². The Morgan fingerprint density at radius 2 is 2.00 bits per heavy atom. The average Bonchev–Trinajstić information content (AvgIpc) is 2.51.